The van der Waals surface area contributed by atoms with Crippen LogP contribution >= 0.6 is 0 Å². The lowest BCUT2D eigenvalue weighted by atomic mass is 9.86. The van der Waals surface area contributed by atoms with Crippen molar-refractivity contribution in [3.05, 3.63) is 77.2 Å². The van der Waals surface area contributed by atoms with Crippen LogP contribution in [0.2, 0.25) is 0 Å². The molecule has 1 atom stereocenters. The highest BCUT2D eigenvalue weighted by Gasteiger charge is 2.30. The van der Waals surface area contributed by atoms with Crippen molar-refractivity contribution < 1.29 is 13.2 Å². The number of hydrogen-bond donors (Lipinski definition) is 0. The van der Waals surface area contributed by atoms with Crippen LogP contribution in [-0.2, 0) is 19.0 Å². The van der Waals surface area contributed by atoms with Crippen molar-refractivity contribution in [1.29, 1.82) is 0 Å². The van der Waals surface area contributed by atoms with E-state index in [1.54, 1.807) is 6.07 Å². The van der Waals surface area contributed by atoms with Crippen LogP contribution in [0.15, 0.2) is 42.5 Å². The van der Waals surface area contributed by atoms with Gasteiger partial charge in [0.25, 0.3) is 0 Å². The van der Waals surface area contributed by atoms with Gasteiger partial charge in [-0.25, -0.2) is 0 Å². The lowest BCUT2D eigenvalue weighted by Crippen LogP contribution is -2.08. The Morgan fingerprint density at radius 3 is 2.41 bits per heavy atom. The highest BCUT2D eigenvalue weighted by atomic mass is 19.4. The summed E-state index contributed by atoms with van der Waals surface area (Å²) in [5, 5.41) is 0. The quantitative estimate of drug-likeness (QED) is 0.670. The Kier molecular flexibility index (Phi) is 4.94. The van der Waals surface area contributed by atoms with Crippen LogP contribution in [-0.4, -0.2) is 0 Å². The monoisotopic (exact) mass is 305 g/mol. The van der Waals surface area contributed by atoms with Gasteiger partial charge in [-0.05, 0) is 54.0 Å². The molecule has 0 N–H and O–H groups in total. The second-order valence-electron chi connectivity index (χ2n) is 5.65. The van der Waals surface area contributed by atoms with Crippen LogP contribution < -0.4 is 0 Å². The maximum absolute atomic E-state index is 12.8. The maximum Gasteiger partial charge on any atom is 0.416 e. The third-order valence-corrected chi connectivity index (χ3v) is 3.96. The summed E-state index contributed by atoms with van der Waals surface area (Å²) in [5.74, 6) is 0.132. The zero-order chi connectivity index (χ0) is 16.3. The molecule has 2 rings (SSSR count). The van der Waals surface area contributed by atoms with E-state index in [0.717, 1.165) is 23.6 Å². The molecule has 0 aromatic heterocycles. The Bertz CT molecular complexity index is 641. The molecule has 2 aromatic carbocycles. The van der Waals surface area contributed by atoms with Gasteiger partial charge < -0.3 is 0 Å². The molecule has 0 bridgehead atoms. The van der Waals surface area contributed by atoms with Crippen molar-refractivity contribution in [3.63, 3.8) is 0 Å². The van der Waals surface area contributed by atoms with Crippen LogP contribution in [0.3, 0.4) is 0 Å². The largest absolute Gasteiger partial charge is 0.416 e. The predicted molar refractivity (Wildman–Crippen MR) is 83.8 cm³/mol. The summed E-state index contributed by atoms with van der Waals surface area (Å²) in [6.45, 7) is 8.19. The molecule has 0 aliphatic carbocycles. The molecule has 0 heterocycles. The number of halogens is 3. The number of rotatable bonds is 4. The summed E-state index contributed by atoms with van der Waals surface area (Å²) in [5.41, 5.74) is 3.44. The molecule has 0 aliphatic rings. The Balaban J connectivity index is 2.28. The summed E-state index contributed by atoms with van der Waals surface area (Å²) in [4.78, 5) is 0. The fourth-order valence-electron chi connectivity index (χ4n) is 2.94. The summed E-state index contributed by atoms with van der Waals surface area (Å²) < 4.78 is 38.4. The van der Waals surface area contributed by atoms with E-state index in [0.29, 0.717) is 12.0 Å². The predicted octanol–water partition coefficient (Wildman–Crippen LogP) is 5.80. The second kappa shape index (κ2) is 6.55. The van der Waals surface area contributed by atoms with E-state index in [9.17, 15) is 13.2 Å². The first kappa shape index (κ1) is 16.6. The molecule has 0 saturated heterocycles. The average molecular weight is 305 g/mol. The van der Waals surface area contributed by atoms with Crippen molar-refractivity contribution in [3.8, 4) is 0 Å². The first-order chi connectivity index (χ1) is 10.3. The summed E-state index contributed by atoms with van der Waals surface area (Å²) >= 11 is 0. The summed E-state index contributed by atoms with van der Waals surface area (Å²) in [6, 6.07) is 11.6. The molecule has 3 heteroatoms. The third kappa shape index (κ3) is 3.70. The van der Waals surface area contributed by atoms with Crippen LogP contribution in [0.4, 0.5) is 13.2 Å². The highest BCUT2D eigenvalue weighted by Crippen LogP contribution is 2.32. The molecule has 0 amide bonds. The van der Waals surface area contributed by atoms with Gasteiger partial charge in [-0.1, -0.05) is 50.2 Å². The van der Waals surface area contributed by atoms with Gasteiger partial charge in [-0.15, -0.1) is 0 Å². The lowest BCUT2D eigenvalue weighted by molar-refractivity contribution is -0.137. The van der Waals surface area contributed by atoms with E-state index >= 15 is 0 Å². The minimum absolute atomic E-state index is 0.132. The molecular weight excluding hydrogens is 285 g/mol. The Morgan fingerprint density at radius 1 is 1.09 bits per heavy atom. The number of benzene rings is 2. The molecule has 1 unspecified atom stereocenters. The fourth-order valence-corrected chi connectivity index (χ4v) is 2.94. The minimum Gasteiger partial charge on any atom is -0.166 e. The third-order valence-electron chi connectivity index (χ3n) is 3.96. The maximum atomic E-state index is 12.8. The van der Waals surface area contributed by atoms with Gasteiger partial charge in [0, 0.05) is 0 Å². The zero-order valence-corrected chi connectivity index (χ0v) is 12.9. The molecule has 0 saturated carbocycles. The van der Waals surface area contributed by atoms with Gasteiger partial charge in [-0.3, -0.25) is 0 Å². The SMILES string of the molecule is [CH2]c1cccc(CC)c1C(C)Cc1cccc(C(F)(F)F)c1. The molecule has 1 radical (unpaired) electrons. The molecule has 2 aromatic rings. The molecule has 117 valence electrons. The number of alkyl halides is 3. The van der Waals surface area contributed by atoms with Crippen LogP contribution in [0.25, 0.3) is 0 Å². The van der Waals surface area contributed by atoms with E-state index < -0.39 is 11.7 Å². The van der Waals surface area contributed by atoms with E-state index in [1.807, 2.05) is 19.1 Å². The van der Waals surface area contributed by atoms with E-state index in [4.69, 9.17) is 0 Å². The normalized spacial score (nSPS) is 13.2. The van der Waals surface area contributed by atoms with Gasteiger partial charge >= 0.3 is 6.18 Å². The average Bonchev–Trinajstić information content (AvgIpc) is 2.46. The van der Waals surface area contributed by atoms with Gasteiger partial charge in [0.05, 0.1) is 5.56 Å². The first-order valence-corrected chi connectivity index (χ1v) is 7.42. The zero-order valence-electron chi connectivity index (χ0n) is 12.9. The van der Waals surface area contributed by atoms with Gasteiger partial charge in [0.1, 0.15) is 0 Å². The van der Waals surface area contributed by atoms with Crippen molar-refractivity contribution in [2.75, 3.05) is 0 Å². The second-order valence-corrected chi connectivity index (χ2v) is 5.65. The molecule has 0 spiro atoms. The van der Waals surface area contributed by atoms with Crippen molar-refractivity contribution in [2.45, 2.75) is 38.8 Å². The minimum atomic E-state index is -4.29. The highest BCUT2D eigenvalue weighted by molar-refractivity contribution is 5.40. The molecular formula is C19H20F3. The summed E-state index contributed by atoms with van der Waals surface area (Å²) in [6.07, 6.45) is -2.83. The van der Waals surface area contributed by atoms with Crippen LogP contribution in [0.1, 0.15) is 47.6 Å². The van der Waals surface area contributed by atoms with Gasteiger partial charge in [0.15, 0.2) is 0 Å². The first-order valence-electron chi connectivity index (χ1n) is 7.42. The lowest BCUT2D eigenvalue weighted by Gasteiger charge is -2.19. The number of hydrogen-bond acceptors (Lipinski definition) is 0. The summed E-state index contributed by atoms with van der Waals surface area (Å²) in [7, 11) is 0. The van der Waals surface area contributed by atoms with Gasteiger partial charge in [0.2, 0.25) is 0 Å². The van der Waals surface area contributed by atoms with E-state index in [2.05, 4.69) is 19.9 Å². The van der Waals surface area contributed by atoms with Crippen LogP contribution in [0, 0.1) is 6.92 Å². The molecule has 0 fully saturated rings. The number of aryl methyl sites for hydroxylation is 1. The fraction of sp³-hybridized carbons (Fsp3) is 0.316. The topological polar surface area (TPSA) is 0 Å². The Morgan fingerprint density at radius 2 is 1.77 bits per heavy atom. The van der Waals surface area contributed by atoms with Crippen molar-refractivity contribution in [2.24, 2.45) is 0 Å². The van der Waals surface area contributed by atoms with Gasteiger partial charge in [-0.2, -0.15) is 13.2 Å². The van der Waals surface area contributed by atoms with Crippen LogP contribution in [0.5, 0.6) is 0 Å². The molecule has 0 nitrogen and oxygen atoms in total. The van der Waals surface area contributed by atoms with E-state index in [1.165, 1.54) is 17.7 Å². The van der Waals surface area contributed by atoms with E-state index in [-0.39, 0.29) is 5.92 Å². The standard InChI is InChI=1S/C19H20F3/c1-4-16-9-5-7-13(2)18(16)14(3)11-15-8-6-10-17(12-15)19(20,21)22/h5-10,12,14H,2,4,11H2,1,3H3. The Hall–Kier alpha value is -1.77. The Labute approximate surface area is 130 Å². The van der Waals surface area contributed by atoms with Crippen molar-refractivity contribution in [1.82, 2.24) is 0 Å². The van der Waals surface area contributed by atoms with Crippen molar-refractivity contribution >= 4 is 0 Å². The molecule has 22 heavy (non-hydrogen) atoms. The molecule has 0 aliphatic heterocycles. The smallest absolute Gasteiger partial charge is 0.166 e.